The highest BCUT2D eigenvalue weighted by Crippen LogP contribution is 2.24. The van der Waals surface area contributed by atoms with Crippen LogP contribution in [-0.4, -0.2) is 28.9 Å². The number of halogens is 1. The first kappa shape index (κ1) is 17.8. The molecule has 0 saturated carbocycles. The van der Waals surface area contributed by atoms with Crippen molar-refractivity contribution in [2.75, 3.05) is 18.3 Å². The number of thioether (sulfide) groups is 1. The van der Waals surface area contributed by atoms with Gasteiger partial charge in [0.15, 0.2) is 22.9 Å². The van der Waals surface area contributed by atoms with Gasteiger partial charge in [-0.05, 0) is 30.9 Å². The van der Waals surface area contributed by atoms with E-state index >= 15 is 0 Å². The number of amides is 1. The molecule has 1 heterocycles. The molecule has 1 amide bonds. The monoisotopic (exact) mass is 363 g/mol. The fraction of sp³-hybridized carbons (Fsp3) is 0.200. The van der Waals surface area contributed by atoms with E-state index in [1.807, 2.05) is 13.0 Å². The number of carbonyl (C=O) groups excluding carboxylic acids is 1. The van der Waals surface area contributed by atoms with Crippen molar-refractivity contribution in [1.29, 1.82) is 5.26 Å². The first-order chi connectivity index (χ1) is 11.5. The van der Waals surface area contributed by atoms with Crippen LogP contribution in [0.25, 0.3) is 0 Å². The second kappa shape index (κ2) is 7.86. The fourth-order valence-corrected chi connectivity index (χ4v) is 2.45. The van der Waals surface area contributed by atoms with Crippen LogP contribution in [0.15, 0.2) is 23.4 Å². The van der Waals surface area contributed by atoms with Crippen molar-refractivity contribution in [2.24, 2.45) is 5.73 Å². The highest BCUT2D eigenvalue weighted by Gasteiger charge is 2.13. The number of anilines is 1. The van der Waals surface area contributed by atoms with Crippen LogP contribution in [0.4, 0.5) is 5.82 Å². The summed E-state index contributed by atoms with van der Waals surface area (Å²) in [6.45, 7) is 1.87. The number of hydrogen-bond donors (Lipinski definition) is 2. The van der Waals surface area contributed by atoms with Gasteiger partial charge in [-0.1, -0.05) is 29.4 Å². The van der Waals surface area contributed by atoms with Crippen molar-refractivity contribution in [3.8, 4) is 11.8 Å². The van der Waals surface area contributed by atoms with Gasteiger partial charge in [-0.15, -0.1) is 0 Å². The number of primary amides is 1. The third kappa shape index (κ3) is 4.07. The van der Waals surface area contributed by atoms with Gasteiger partial charge in [-0.3, -0.25) is 4.79 Å². The molecule has 0 spiro atoms. The van der Waals surface area contributed by atoms with Crippen molar-refractivity contribution in [3.05, 3.63) is 40.0 Å². The van der Waals surface area contributed by atoms with Gasteiger partial charge in [0, 0.05) is 5.56 Å². The van der Waals surface area contributed by atoms with E-state index < -0.39 is 5.91 Å². The molecule has 0 aliphatic heterocycles. The van der Waals surface area contributed by atoms with Crippen molar-refractivity contribution in [2.45, 2.75) is 12.1 Å². The number of aryl methyl sites for hydroxylation is 1. The van der Waals surface area contributed by atoms with Gasteiger partial charge in [0.25, 0.3) is 0 Å². The minimum atomic E-state index is -0.535. The Hall–Kier alpha value is -2.50. The molecule has 0 fully saturated rings. The Labute approximate surface area is 148 Å². The molecule has 3 N–H and O–H groups in total. The zero-order valence-electron chi connectivity index (χ0n) is 13.0. The zero-order chi connectivity index (χ0) is 17.7. The number of nitrogens with two attached hydrogens (primary N) is 1. The predicted molar refractivity (Wildman–Crippen MR) is 92.4 cm³/mol. The molecule has 7 nitrogen and oxygen atoms in total. The number of carbonyl (C=O) groups is 1. The van der Waals surface area contributed by atoms with E-state index in [2.05, 4.69) is 15.3 Å². The summed E-state index contributed by atoms with van der Waals surface area (Å²) in [4.78, 5) is 19.4. The molecule has 0 bridgehead atoms. The third-order valence-electron chi connectivity index (χ3n) is 3.08. The molecular formula is C15H14ClN5O2S. The topological polar surface area (TPSA) is 114 Å². The number of nitriles is 1. The maximum Gasteiger partial charge on any atom is 0.248 e. The van der Waals surface area contributed by atoms with E-state index in [1.54, 1.807) is 24.5 Å². The van der Waals surface area contributed by atoms with Crippen molar-refractivity contribution in [3.63, 3.8) is 0 Å². The minimum absolute atomic E-state index is 0.0267. The molecular weight excluding hydrogens is 350 g/mol. The van der Waals surface area contributed by atoms with E-state index in [0.717, 1.165) is 5.56 Å². The molecule has 2 aromatic rings. The molecule has 1 aromatic heterocycles. The van der Waals surface area contributed by atoms with Gasteiger partial charge in [-0.2, -0.15) is 5.26 Å². The number of hydrogen-bond acceptors (Lipinski definition) is 7. The standard InChI is InChI=1S/C15H14ClN5O2S/c1-8-3-4-9(13(18)22)5-11(8)23-7-19-14-10(6-17)12(16)20-15(21-14)24-2/h3-5H,7H2,1-2H3,(H2,18,22)(H,19,20,21). The second-order valence-electron chi connectivity index (χ2n) is 4.65. The van der Waals surface area contributed by atoms with Crippen molar-refractivity contribution in [1.82, 2.24) is 9.97 Å². The minimum Gasteiger partial charge on any atom is -0.473 e. The van der Waals surface area contributed by atoms with E-state index in [-0.39, 0.29) is 23.3 Å². The number of nitrogens with one attached hydrogen (secondary N) is 1. The van der Waals surface area contributed by atoms with E-state index in [1.165, 1.54) is 11.8 Å². The van der Waals surface area contributed by atoms with Crippen molar-refractivity contribution >= 4 is 35.1 Å². The summed E-state index contributed by atoms with van der Waals surface area (Å²) in [6.07, 6.45) is 1.80. The van der Waals surface area contributed by atoms with Gasteiger partial charge in [0.1, 0.15) is 17.4 Å². The Balaban J connectivity index is 2.15. The lowest BCUT2D eigenvalue weighted by molar-refractivity contribution is 0.1000. The zero-order valence-corrected chi connectivity index (χ0v) is 14.5. The quantitative estimate of drug-likeness (QED) is 0.351. The summed E-state index contributed by atoms with van der Waals surface area (Å²) in [5.41, 5.74) is 6.59. The molecule has 0 aliphatic carbocycles. The van der Waals surface area contributed by atoms with Crippen LogP contribution in [-0.2, 0) is 0 Å². The molecule has 24 heavy (non-hydrogen) atoms. The summed E-state index contributed by atoms with van der Waals surface area (Å²) in [6, 6.07) is 6.88. The molecule has 0 unspecified atom stereocenters. The lowest BCUT2D eigenvalue weighted by atomic mass is 10.1. The summed E-state index contributed by atoms with van der Waals surface area (Å²) < 4.78 is 5.61. The third-order valence-corrected chi connectivity index (χ3v) is 3.90. The highest BCUT2D eigenvalue weighted by molar-refractivity contribution is 7.98. The van der Waals surface area contributed by atoms with E-state index in [0.29, 0.717) is 16.5 Å². The SMILES string of the molecule is CSc1nc(Cl)c(C#N)c(NCOc2cc(C(N)=O)ccc2C)n1. The van der Waals surface area contributed by atoms with Gasteiger partial charge >= 0.3 is 0 Å². The number of rotatable bonds is 6. The predicted octanol–water partition coefficient (Wildman–Crippen LogP) is 2.58. The van der Waals surface area contributed by atoms with Crippen LogP contribution >= 0.6 is 23.4 Å². The van der Waals surface area contributed by atoms with E-state index in [4.69, 9.17) is 27.3 Å². The van der Waals surface area contributed by atoms with Crippen LogP contribution in [0.3, 0.4) is 0 Å². The van der Waals surface area contributed by atoms with Gasteiger partial charge in [0.05, 0.1) is 0 Å². The number of ether oxygens (including phenoxy) is 1. The normalized spacial score (nSPS) is 10.1. The first-order valence-electron chi connectivity index (χ1n) is 6.75. The highest BCUT2D eigenvalue weighted by atomic mass is 35.5. The average molecular weight is 364 g/mol. The molecule has 0 saturated heterocycles. The first-order valence-corrected chi connectivity index (χ1v) is 8.35. The van der Waals surface area contributed by atoms with Gasteiger partial charge in [0.2, 0.25) is 5.91 Å². The number of nitrogens with zero attached hydrogens (tertiary/aromatic N) is 3. The Morgan fingerprint density at radius 2 is 2.25 bits per heavy atom. The lowest BCUT2D eigenvalue weighted by Crippen LogP contribution is -2.14. The second-order valence-corrected chi connectivity index (χ2v) is 5.78. The smallest absolute Gasteiger partial charge is 0.248 e. The molecule has 0 atom stereocenters. The molecule has 124 valence electrons. The number of aromatic nitrogens is 2. The van der Waals surface area contributed by atoms with Gasteiger partial charge < -0.3 is 15.8 Å². The largest absolute Gasteiger partial charge is 0.473 e. The molecule has 9 heteroatoms. The number of benzene rings is 1. The summed E-state index contributed by atoms with van der Waals surface area (Å²) in [5.74, 6) is 0.250. The van der Waals surface area contributed by atoms with Crippen molar-refractivity contribution < 1.29 is 9.53 Å². The molecule has 2 rings (SSSR count). The van der Waals surface area contributed by atoms with Gasteiger partial charge in [-0.25, -0.2) is 9.97 Å². The molecule has 1 aromatic carbocycles. The van der Waals surface area contributed by atoms with Crippen LogP contribution < -0.4 is 15.8 Å². The summed E-state index contributed by atoms with van der Waals surface area (Å²) in [5, 5.41) is 12.6. The Kier molecular flexibility index (Phi) is 5.84. The van der Waals surface area contributed by atoms with Crippen LogP contribution in [0, 0.1) is 18.3 Å². The van der Waals surface area contributed by atoms with Crippen LogP contribution in [0.1, 0.15) is 21.5 Å². The van der Waals surface area contributed by atoms with Crippen LogP contribution in [0.2, 0.25) is 5.15 Å². The Bertz CT molecular complexity index is 822. The fourth-order valence-electron chi connectivity index (χ4n) is 1.82. The summed E-state index contributed by atoms with van der Waals surface area (Å²) >= 11 is 7.28. The average Bonchev–Trinajstić information content (AvgIpc) is 2.55. The Morgan fingerprint density at radius 3 is 2.88 bits per heavy atom. The molecule has 0 radical (unpaired) electrons. The van der Waals surface area contributed by atoms with Crippen LogP contribution in [0.5, 0.6) is 5.75 Å². The lowest BCUT2D eigenvalue weighted by Gasteiger charge is -2.13. The molecule has 0 aliphatic rings. The Morgan fingerprint density at radius 1 is 1.50 bits per heavy atom. The van der Waals surface area contributed by atoms with E-state index in [9.17, 15) is 4.79 Å². The summed E-state index contributed by atoms with van der Waals surface area (Å²) in [7, 11) is 0. The maximum atomic E-state index is 11.2. The maximum absolute atomic E-state index is 11.2.